The molecule has 1 aliphatic rings. The number of rotatable bonds is 45. The lowest BCUT2D eigenvalue weighted by Gasteiger charge is -2.21. The van der Waals surface area contributed by atoms with E-state index in [1.165, 1.54) is 134 Å². The van der Waals surface area contributed by atoms with E-state index in [0.717, 1.165) is 67.8 Å². The van der Waals surface area contributed by atoms with Gasteiger partial charge in [0.25, 0.3) is 0 Å². The second kappa shape index (κ2) is 38.3. The quantitative estimate of drug-likeness (QED) is 0.0231. The molecule has 1 aromatic rings. The standard InChI is InChI=1S/C51H95N3O15P2/c1-5-42(4)33-29-25-21-17-13-8-6-7-9-15-19-23-27-31-35-47(56)67-43(38-64-46(55)34-30-26-22-18-14-11-10-12-16-20-24-28-32-41(2)3)39-65-70(60,61)69-71(62,63)66-40-44-48(57)49(58)50(68-44)54-37-36-45(52)53-51(54)59/h36-37,41-44,48-50,57-58H,5-35,38-40H2,1-4H3,(H,60,61)(H,62,63)(H2,52,53,59)/t42?,43-,44-,48+,49?,50-/m1/s1. The smallest absolute Gasteiger partial charge is 0.462 e. The summed E-state index contributed by atoms with van der Waals surface area (Å²) < 4.78 is 56.9. The van der Waals surface area contributed by atoms with Gasteiger partial charge < -0.3 is 39.9 Å². The van der Waals surface area contributed by atoms with Crippen LogP contribution in [0.1, 0.15) is 233 Å². The van der Waals surface area contributed by atoms with Gasteiger partial charge in [-0.3, -0.25) is 23.2 Å². The molecule has 0 radical (unpaired) electrons. The van der Waals surface area contributed by atoms with Crippen molar-refractivity contribution in [3.8, 4) is 0 Å². The number of nitrogens with zero attached hydrogens (tertiary/aromatic N) is 2. The van der Waals surface area contributed by atoms with Crippen molar-refractivity contribution in [2.24, 2.45) is 11.8 Å². The molecule has 8 atom stereocenters. The third-order valence-corrected chi connectivity index (χ3v) is 15.8. The molecule has 1 aliphatic heterocycles. The number of phosphoric ester groups is 2. The molecule has 2 heterocycles. The average Bonchev–Trinajstić information content (AvgIpc) is 3.59. The SMILES string of the molecule is CCC(C)CCCCCCCCCCCCCCCCC(=O)O[C@H](COC(=O)CCCCCCCCCCCCCCC(C)C)COP(=O)(O)OP(=O)(O)OC[C@H]1O[C@@H](n2ccc(N)nc2=O)C(O)[C@H]1O. The summed E-state index contributed by atoms with van der Waals surface area (Å²) in [6, 6.07) is 1.25. The van der Waals surface area contributed by atoms with Crippen LogP contribution in [0.5, 0.6) is 0 Å². The largest absolute Gasteiger partial charge is 0.481 e. The van der Waals surface area contributed by atoms with Crippen LogP contribution in [-0.2, 0) is 46.3 Å². The Labute approximate surface area is 425 Å². The normalized spacial score (nSPS) is 19.6. The lowest BCUT2D eigenvalue weighted by molar-refractivity contribution is -0.161. The van der Waals surface area contributed by atoms with Crippen molar-refractivity contribution in [3.05, 3.63) is 22.7 Å². The lowest BCUT2D eigenvalue weighted by Crippen LogP contribution is -2.36. The number of anilines is 1. The fourth-order valence-corrected chi connectivity index (χ4v) is 10.6. The van der Waals surface area contributed by atoms with Crippen LogP contribution in [0.3, 0.4) is 0 Å². The summed E-state index contributed by atoms with van der Waals surface area (Å²) in [5.74, 6) is 0.349. The molecule has 2 rings (SSSR count). The summed E-state index contributed by atoms with van der Waals surface area (Å²) in [6.07, 6.45) is 27.5. The van der Waals surface area contributed by atoms with Gasteiger partial charge in [-0.05, 0) is 30.7 Å². The Morgan fingerprint density at radius 1 is 0.676 bits per heavy atom. The van der Waals surface area contributed by atoms with E-state index in [9.17, 15) is 43.5 Å². The molecule has 1 saturated heterocycles. The zero-order chi connectivity index (χ0) is 52.3. The van der Waals surface area contributed by atoms with Crippen LogP contribution in [0.4, 0.5) is 5.82 Å². The van der Waals surface area contributed by atoms with Gasteiger partial charge in [-0.1, -0.05) is 201 Å². The van der Waals surface area contributed by atoms with Gasteiger partial charge in [-0.25, -0.2) is 13.9 Å². The van der Waals surface area contributed by atoms with Gasteiger partial charge in [0.2, 0.25) is 0 Å². The average molecular weight is 1050 g/mol. The Morgan fingerprint density at radius 3 is 1.61 bits per heavy atom. The number of hydrogen-bond donors (Lipinski definition) is 5. The molecule has 0 amide bonds. The molecule has 0 aromatic carbocycles. The Hall–Kier alpha value is -2.24. The van der Waals surface area contributed by atoms with Crippen molar-refractivity contribution in [1.29, 1.82) is 0 Å². The van der Waals surface area contributed by atoms with E-state index < -0.39 is 83.7 Å². The first-order valence-electron chi connectivity index (χ1n) is 27.3. The first-order valence-corrected chi connectivity index (χ1v) is 30.3. The van der Waals surface area contributed by atoms with Crippen LogP contribution in [0, 0.1) is 11.8 Å². The summed E-state index contributed by atoms with van der Waals surface area (Å²) in [4.78, 5) is 62.0. The number of phosphoric acid groups is 2. The molecule has 4 unspecified atom stereocenters. The second-order valence-electron chi connectivity index (χ2n) is 20.2. The number of hydrogen-bond acceptors (Lipinski definition) is 15. The van der Waals surface area contributed by atoms with Gasteiger partial charge in [0.05, 0.1) is 13.2 Å². The van der Waals surface area contributed by atoms with Crippen molar-refractivity contribution >= 4 is 33.4 Å². The minimum atomic E-state index is -5.42. The fraction of sp³-hybridized carbons (Fsp3) is 0.882. The number of nitrogens with two attached hydrogens (primary N) is 1. The summed E-state index contributed by atoms with van der Waals surface area (Å²) in [5.41, 5.74) is 4.60. The third kappa shape index (κ3) is 32.0. The highest BCUT2D eigenvalue weighted by Crippen LogP contribution is 2.60. The monoisotopic (exact) mass is 1050 g/mol. The fourth-order valence-electron chi connectivity index (χ4n) is 8.54. The number of aromatic nitrogens is 2. The summed E-state index contributed by atoms with van der Waals surface area (Å²) >= 11 is 0. The van der Waals surface area contributed by atoms with Gasteiger partial charge in [0, 0.05) is 19.0 Å². The molecule has 18 nitrogen and oxygen atoms in total. The molecule has 1 aromatic heterocycles. The first-order chi connectivity index (χ1) is 33.9. The predicted octanol–water partition coefficient (Wildman–Crippen LogP) is 11.6. The minimum Gasteiger partial charge on any atom is -0.462 e. The highest BCUT2D eigenvalue weighted by Gasteiger charge is 2.46. The number of aliphatic hydroxyl groups excluding tert-OH is 2. The van der Waals surface area contributed by atoms with E-state index in [2.05, 4.69) is 37.0 Å². The predicted molar refractivity (Wildman–Crippen MR) is 275 cm³/mol. The van der Waals surface area contributed by atoms with E-state index in [1.807, 2.05) is 0 Å². The molecular weight excluding hydrogens is 957 g/mol. The van der Waals surface area contributed by atoms with Gasteiger partial charge >= 0.3 is 33.3 Å². The molecule has 414 valence electrons. The summed E-state index contributed by atoms with van der Waals surface area (Å²) in [7, 11) is -10.8. The van der Waals surface area contributed by atoms with Gasteiger partial charge in [-0.15, -0.1) is 0 Å². The number of carbonyl (C=O) groups excluding carboxylic acids is 2. The molecule has 20 heteroatoms. The van der Waals surface area contributed by atoms with Crippen LogP contribution in [0.2, 0.25) is 0 Å². The van der Waals surface area contributed by atoms with Crippen molar-refractivity contribution in [2.45, 2.75) is 257 Å². The number of aliphatic hydroxyl groups is 2. The Kier molecular flexibility index (Phi) is 35.0. The molecule has 1 fully saturated rings. The van der Waals surface area contributed by atoms with Gasteiger partial charge in [0.1, 0.15) is 30.7 Å². The molecule has 0 spiro atoms. The Balaban J connectivity index is 1.77. The zero-order valence-electron chi connectivity index (χ0n) is 43.9. The zero-order valence-corrected chi connectivity index (χ0v) is 45.7. The van der Waals surface area contributed by atoms with Crippen LogP contribution < -0.4 is 11.4 Å². The second-order valence-corrected chi connectivity index (χ2v) is 23.2. The number of carbonyl (C=O) groups is 2. The highest BCUT2D eigenvalue weighted by molar-refractivity contribution is 7.61. The summed E-state index contributed by atoms with van der Waals surface area (Å²) in [5, 5.41) is 20.9. The number of esters is 2. The van der Waals surface area contributed by atoms with Crippen molar-refractivity contribution in [3.63, 3.8) is 0 Å². The molecule has 0 bridgehead atoms. The van der Waals surface area contributed by atoms with E-state index >= 15 is 0 Å². The van der Waals surface area contributed by atoms with Crippen LogP contribution in [0.15, 0.2) is 17.1 Å². The van der Waals surface area contributed by atoms with E-state index in [-0.39, 0.29) is 18.7 Å². The van der Waals surface area contributed by atoms with Crippen molar-refractivity contribution in [1.82, 2.24) is 9.55 Å². The highest BCUT2D eigenvalue weighted by atomic mass is 31.3. The topological polar surface area (TPSA) is 265 Å². The maximum absolute atomic E-state index is 12.9. The number of nitrogen functional groups attached to an aromatic ring is 1. The number of ether oxygens (including phenoxy) is 3. The molecular formula is C51H95N3O15P2. The molecule has 71 heavy (non-hydrogen) atoms. The molecule has 0 aliphatic carbocycles. The maximum atomic E-state index is 12.9. The van der Waals surface area contributed by atoms with E-state index in [1.54, 1.807) is 0 Å². The third-order valence-electron chi connectivity index (χ3n) is 13.2. The van der Waals surface area contributed by atoms with E-state index in [4.69, 9.17) is 29.0 Å². The van der Waals surface area contributed by atoms with E-state index in [0.29, 0.717) is 12.8 Å². The lowest BCUT2D eigenvalue weighted by atomic mass is 9.99. The number of unbranched alkanes of at least 4 members (excludes halogenated alkanes) is 24. The van der Waals surface area contributed by atoms with Gasteiger partial charge in [0.15, 0.2) is 12.3 Å². The minimum absolute atomic E-state index is 0.0571. The Bertz CT molecular complexity index is 1720. The summed E-state index contributed by atoms with van der Waals surface area (Å²) in [6.45, 7) is 6.86. The molecule has 6 N–H and O–H groups in total. The van der Waals surface area contributed by atoms with Crippen molar-refractivity contribution in [2.75, 3.05) is 25.6 Å². The molecule has 0 saturated carbocycles. The van der Waals surface area contributed by atoms with Crippen LogP contribution in [-0.4, -0.2) is 85.7 Å². The maximum Gasteiger partial charge on any atom is 0.481 e. The van der Waals surface area contributed by atoms with Crippen molar-refractivity contribution < 1.29 is 66.3 Å². The van der Waals surface area contributed by atoms with Crippen LogP contribution >= 0.6 is 15.6 Å². The Morgan fingerprint density at radius 2 is 1.13 bits per heavy atom. The van der Waals surface area contributed by atoms with Gasteiger partial charge in [-0.2, -0.15) is 9.29 Å². The first kappa shape index (κ1) is 64.9. The van der Waals surface area contributed by atoms with Crippen LogP contribution in [0.25, 0.3) is 0 Å².